The third kappa shape index (κ3) is 3.37. The van der Waals surface area contributed by atoms with E-state index in [2.05, 4.69) is 6.58 Å². The van der Waals surface area contributed by atoms with Crippen LogP contribution in [0.2, 0.25) is 0 Å². The fourth-order valence-corrected chi connectivity index (χ4v) is 1.81. The predicted molar refractivity (Wildman–Crippen MR) is 58.9 cm³/mol. The average molecular weight is 240 g/mol. The quantitative estimate of drug-likeness (QED) is 0.633. The maximum atomic E-state index is 10.9. The molecule has 1 aromatic rings. The van der Waals surface area contributed by atoms with Crippen molar-refractivity contribution in [2.75, 3.05) is 0 Å². The molecule has 1 N–H and O–H groups in total. The predicted octanol–water partition coefficient (Wildman–Crippen LogP) is 1.81. The fourth-order valence-electron chi connectivity index (χ4n) is 1.04. The summed E-state index contributed by atoms with van der Waals surface area (Å²) in [5.41, 5.74) is 1.05. The molecule has 5 heteroatoms. The second-order valence-electron chi connectivity index (χ2n) is 2.75. The van der Waals surface area contributed by atoms with Crippen LogP contribution in [0.4, 0.5) is 0 Å². The second-order valence-corrected chi connectivity index (χ2v) is 4.14. The van der Waals surface area contributed by atoms with Gasteiger partial charge in [0, 0.05) is 0 Å². The third-order valence-corrected chi connectivity index (χ3v) is 2.54. The van der Waals surface area contributed by atoms with Crippen LogP contribution >= 0.6 is 0 Å². The minimum absolute atomic E-state index is 0. The van der Waals surface area contributed by atoms with Crippen LogP contribution in [0.5, 0.6) is 0 Å². The normalized spacial score (nSPS) is 10.4. The summed E-state index contributed by atoms with van der Waals surface area (Å²) >= 11 is 0. The van der Waals surface area contributed by atoms with Gasteiger partial charge in [0.25, 0.3) is 10.1 Å². The van der Waals surface area contributed by atoms with Gasteiger partial charge in [0.2, 0.25) is 0 Å². The van der Waals surface area contributed by atoms with Gasteiger partial charge in [-0.25, -0.2) is 0 Å². The summed E-state index contributed by atoms with van der Waals surface area (Å²) in [7, 11) is -4.14. The Morgan fingerprint density at radius 2 is 1.93 bits per heavy atom. The minimum Gasteiger partial charge on any atom is -1.00 e. The smallest absolute Gasteiger partial charge is 1.00 e. The maximum absolute atomic E-state index is 10.9. The number of hydrogen-bond acceptors (Lipinski definition) is 2. The first-order valence-corrected chi connectivity index (χ1v) is 5.09. The summed E-state index contributed by atoms with van der Waals surface area (Å²) in [6, 6.07) is 6.19. The van der Waals surface area contributed by atoms with Crippen LogP contribution in [0, 0.1) is 0 Å². The van der Waals surface area contributed by atoms with Crippen LogP contribution in [-0.2, 0) is 10.1 Å². The molecule has 0 spiro atoms. The van der Waals surface area contributed by atoms with E-state index in [1.165, 1.54) is 6.07 Å². The monoisotopic (exact) mass is 240 g/mol. The fraction of sp³-hybridized carbons (Fsp3) is 0.111. The van der Waals surface area contributed by atoms with Crippen LogP contribution in [-0.4, -0.2) is 50.7 Å². The molecule has 0 radical (unpaired) electrons. The molecule has 14 heavy (non-hydrogen) atoms. The molecule has 0 fully saturated rings. The van der Waals surface area contributed by atoms with Crippen molar-refractivity contribution in [3.8, 4) is 0 Å². The van der Waals surface area contributed by atoms with Crippen LogP contribution in [0.15, 0.2) is 35.7 Å². The largest absolute Gasteiger partial charge is 2.00 e. The summed E-state index contributed by atoms with van der Waals surface area (Å²) < 4.78 is 30.6. The van der Waals surface area contributed by atoms with E-state index in [1.54, 1.807) is 25.1 Å². The van der Waals surface area contributed by atoms with Gasteiger partial charge in [-0.15, -0.1) is 0 Å². The van der Waals surface area contributed by atoms with E-state index in [9.17, 15) is 8.42 Å². The van der Waals surface area contributed by atoms with Gasteiger partial charge in [-0.05, 0) is 24.1 Å². The Kier molecular flexibility index (Phi) is 5.33. The topological polar surface area (TPSA) is 54.4 Å². The molecule has 74 valence electrons. The number of rotatable bonds is 2. The summed E-state index contributed by atoms with van der Waals surface area (Å²) in [5, 5.41) is 0. The Hall–Kier alpha value is 0.130. The molecule has 0 unspecified atom stereocenters. The van der Waals surface area contributed by atoms with Gasteiger partial charge in [0.05, 0.1) is 0 Å². The molecule has 0 aliphatic heterocycles. The van der Waals surface area contributed by atoms with Crippen molar-refractivity contribution in [1.29, 1.82) is 0 Å². The SMILES string of the molecule is C=C(C)c1ccccc1S(=O)(=O)O.[Ca+2].[H-].[H-]. The Balaban J connectivity index is -0.000000563. The molecular weight excluding hydrogens is 228 g/mol. The van der Waals surface area contributed by atoms with Crippen LogP contribution in [0.1, 0.15) is 15.3 Å². The number of allylic oxidation sites excluding steroid dienone is 1. The first-order valence-electron chi connectivity index (χ1n) is 3.65. The van der Waals surface area contributed by atoms with E-state index < -0.39 is 10.1 Å². The standard InChI is InChI=1S/C9H10O3S.Ca.2H/c1-7(2)8-5-3-4-6-9(8)13(10,11)12;;;/h3-6H,1H2,2H3,(H,10,11,12);;;/q;+2;2*-1. The summed E-state index contributed by atoms with van der Waals surface area (Å²) in [5.74, 6) is 0. The molecule has 0 amide bonds. The molecule has 0 saturated carbocycles. The summed E-state index contributed by atoms with van der Waals surface area (Å²) in [6.07, 6.45) is 0. The Bertz CT molecular complexity index is 446. The zero-order chi connectivity index (χ0) is 10.1. The zero-order valence-corrected chi connectivity index (χ0v) is 10.9. The molecule has 0 aromatic heterocycles. The second kappa shape index (κ2) is 5.28. The molecule has 0 bridgehead atoms. The Morgan fingerprint density at radius 3 is 2.29 bits per heavy atom. The first kappa shape index (κ1) is 14.1. The zero-order valence-electron chi connectivity index (χ0n) is 9.90. The van der Waals surface area contributed by atoms with Gasteiger partial charge in [-0.2, -0.15) is 8.42 Å². The minimum atomic E-state index is -4.14. The molecular formula is C9H12CaO3S. The molecule has 0 saturated heterocycles. The van der Waals surface area contributed by atoms with E-state index in [0.717, 1.165) is 0 Å². The van der Waals surface area contributed by atoms with E-state index in [0.29, 0.717) is 11.1 Å². The number of hydrogen-bond donors (Lipinski definition) is 1. The Morgan fingerprint density at radius 1 is 1.43 bits per heavy atom. The van der Waals surface area contributed by atoms with E-state index >= 15 is 0 Å². The third-order valence-electron chi connectivity index (χ3n) is 1.62. The molecule has 0 atom stereocenters. The average Bonchev–Trinajstić information content (AvgIpc) is 2.03. The van der Waals surface area contributed by atoms with Crippen molar-refractivity contribution in [3.05, 3.63) is 36.4 Å². The molecule has 1 aromatic carbocycles. The molecule has 0 aliphatic carbocycles. The van der Waals surface area contributed by atoms with Gasteiger partial charge >= 0.3 is 37.7 Å². The van der Waals surface area contributed by atoms with Gasteiger partial charge in [0.1, 0.15) is 4.90 Å². The summed E-state index contributed by atoms with van der Waals surface area (Å²) in [6.45, 7) is 5.31. The van der Waals surface area contributed by atoms with Gasteiger partial charge < -0.3 is 2.85 Å². The van der Waals surface area contributed by atoms with Crippen LogP contribution in [0.25, 0.3) is 5.57 Å². The van der Waals surface area contributed by atoms with Crippen molar-refractivity contribution < 1.29 is 15.8 Å². The van der Waals surface area contributed by atoms with Crippen molar-refractivity contribution in [2.45, 2.75) is 11.8 Å². The van der Waals surface area contributed by atoms with Crippen LogP contribution in [0.3, 0.4) is 0 Å². The molecule has 1 rings (SSSR count). The van der Waals surface area contributed by atoms with E-state index in [1.807, 2.05) is 0 Å². The summed E-state index contributed by atoms with van der Waals surface area (Å²) in [4.78, 5) is -0.0949. The first-order chi connectivity index (χ1) is 5.93. The molecule has 0 aliphatic rings. The maximum Gasteiger partial charge on any atom is 2.00 e. The molecule has 0 heterocycles. The van der Waals surface area contributed by atoms with Crippen molar-refractivity contribution in [3.63, 3.8) is 0 Å². The van der Waals surface area contributed by atoms with Gasteiger partial charge in [0.15, 0.2) is 0 Å². The Labute approximate surface area is 117 Å². The van der Waals surface area contributed by atoms with E-state index in [4.69, 9.17) is 4.55 Å². The number of benzene rings is 1. The van der Waals surface area contributed by atoms with Crippen molar-refractivity contribution >= 4 is 53.4 Å². The van der Waals surface area contributed by atoms with E-state index in [-0.39, 0.29) is 45.5 Å². The van der Waals surface area contributed by atoms with Gasteiger partial charge in [-0.1, -0.05) is 24.8 Å². The van der Waals surface area contributed by atoms with Crippen molar-refractivity contribution in [1.82, 2.24) is 0 Å². The molecule has 3 nitrogen and oxygen atoms in total. The van der Waals surface area contributed by atoms with Crippen molar-refractivity contribution in [2.24, 2.45) is 0 Å². The van der Waals surface area contributed by atoms with Crippen LogP contribution < -0.4 is 0 Å². The van der Waals surface area contributed by atoms with Gasteiger partial charge in [-0.3, -0.25) is 4.55 Å².